The lowest BCUT2D eigenvalue weighted by Crippen LogP contribution is -2.49. The Bertz CT molecular complexity index is 1370. The fourth-order valence-corrected chi connectivity index (χ4v) is 3.81. The number of fused-ring (bicyclic) bond motifs is 2. The van der Waals surface area contributed by atoms with Crippen molar-refractivity contribution in [2.75, 3.05) is 18.4 Å². The number of anilines is 1. The monoisotopic (exact) mass is 451 g/mol. The van der Waals surface area contributed by atoms with Gasteiger partial charge >= 0.3 is 11.6 Å². The van der Waals surface area contributed by atoms with E-state index < -0.39 is 5.91 Å². The van der Waals surface area contributed by atoms with Gasteiger partial charge in [0.1, 0.15) is 0 Å². The Morgan fingerprint density at radius 1 is 1.00 bits per heavy atom. The van der Waals surface area contributed by atoms with Crippen molar-refractivity contribution in [2.24, 2.45) is 0 Å². The summed E-state index contributed by atoms with van der Waals surface area (Å²) in [6.07, 6.45) is 1.68. The van der Waals surface area contributed by atoms with Gasteiger partial charge in [-0.3, -0.25) is 9.78 Å². The zero-order valence-corrected chi connectivity index (χ0v) is 18.7. The van der Waals surface area contributed by atoms with E-state index in [0.29, 0.717) is 21.0 Å². The van der Waals surface area contributed by atoms with Gasteiger partial charge in [-0.1, -0.05) is 11.6 Å². The molecule has 0 unspecified atom stereocenters. The first-order valence-corrected chi connectivity index (χ1v) is 10.5. The Hall–Kier alpha value is -3.65. The predicted molar refractivity (Wildman–Crippen MR) is 124 cm³/mol. The minimum Gasteiger partial charge on any atom is -0.618 e. The highest BCUT2D eigenvalue weighted by atomic mass is 35.5. The molecule has 1 amide bonds. The third-order valence-corrected chi connectivity index (χ3v) is 5.76. The molecule has 2 N–H and O–H groups in total. The third kappa shape index (κ3) is 3.85. The summed E-state index contributed by atoms with van der Waals surface area (Å²) in [5, 5.41) is 33.1. The minimum atomic E-state index is -0.601. The zero-order chi connectivity index (χ0) is 23.0. The number of pyridine rings is 1. The maximum absolute atomic E-state index is 12.9. The lowest BCUT2D eigenvalue weighted by atomic mass is 10.1. The number of halogens is 1. The third-order valence-electron chi connectivity index (χ3n) is 5.52. The molecule has 4 aromatic rings. The van der Waals surface area contributed by atoms with E-state index in [1.54, 1.807) is 30.5 Å². The van der Waals surface area contributed by atoms with Gasteiger partial charge in [0, 0.05) is 54.4 Å². The molecule has 2 aromatic carbocycles. The maximum atomic E-state index is 12.9. The molecule has 2 heterocycles. The number of benzene rings is 2. The van der Waals surface area contributed by atoms with Crippen LogP contribution >= 0.6 is 11.6 Å². The van der Waals surface area contributed by atoms with Crippen molar-refractivity contribution >= 4 is 45.1 Å². The second-order valence-corrected chi connectivity index (χ2v) is 8.09. The molecule has 0 saturated carbocycles. The first-order valence-electron chi connectivity index (χ1n) is 10.1. The summed E-state index contributed by atoms with van der Waals surface area (Å²) < 4.78 is 1.17. The molecular formula is C23H22ClN5O3. The van der Waals surface area contributed by atoms with Crippen LogP contribution in [0.4, 0.5) is 5.69 Å². The molecule has 4 rings (SSSR count). The normalized spacial score (nSPS) is 11.1. The highest BCUT2D eigenvalue weighted by Crippen LogP contribution is 2.24. The summed E-state index contributed by atoms with van der Waals surface area (Å²) in [7, 11) is 0. The first-order chi connectivity index (χ1) is 15.3. The van der Waals surface area contributed by atoms with Crippen molar-refractivity contribution < 1.29 is 14.3 Å². The molecule has 32 heavy (non-hydrogen) atoms. The summed E-state index contributed by atoms with van der Waals surface area (Å²) in [5.41, 5.74) is 3.63. The summed E-state index contributed by atoms with van der Waals surface area (Å²) in [5.74, 6) is -0.601. The van der Waals surface area contributed by atoms with Crippen LogP contribution in [0.25, 0.3) is 21.9 Å². The topological polar surface area (TPSA) is 108 Å². The van der Waals surface area contributed by atoms with Crippen LogP contribution in [-0.2, 0) is 0 Å². The second kappa shape index (κ2) is 8.47. The van der Waals surface area contributed by atoms with Gasteiger partial charge in [0.25, 0.3) is 16.7 Å². The van der Waals surface area contributed by atoms with Crippen LogP contribution in [0.2, 0.25) is 5.02 Å². The lowest BCUT2D eigenvalue weighted by molar-refractivity contribution is -0.635. The van der Waals surface area contributed by atoms with Crippen molar-refractivity contribution in [2.45, 2.75) is 20.8 Å². The van der Waals surface area contributed by atoms with Crippen molar-refractivity contribution in [3.63, 3.8) is 0 Å². The summed E-state index contributed by atoms with van der Waals surface area (Å²) in [4.78, 5) is 17.1. The van der Waals surface area contributed by atoms with E-state index in [4.69, 9.17) is 11.6 Å². The molecule has 0 fully saturated rings. The number of hydrogen-bond donors (Lipinski definition) is 2. The number of amides is 1. The quantitative estimate of drug-likeness (QED) is 0.275. The van der Waals surface area contributed by atoms with Crippen LogP contribution in [0.15, 0.2) is 42.6 Å². The van der Waals surface area contributed by atoms with Crippen LogP contribution in [0.5, 0.6) is 0 Å². The van der Waals surface area contributed by atoms with Crippen LogP contribution in [-0.4, -0.2) is 24.0 Å². The average Bonchev–Trinajstić information content (AvgIpc) is 2.76. The van der Waals surface area contributed by atoms with Crippen molar-refractivity contribution in [3.8, 4) is 0 Å². The largest absolute Gasteiger partial charge is 0.618 e. The summed E-state index contributed by atoms with van der Waals surface area (Å²) >= 11 is 6.02. The number of rotatable bonds is 5. The average molecular weight is 452 g/mol. The molecule has 0 radical (unpaired) electrons. The molecule has 0 aliphatic carbocycles. The van der Waals surface area contributed by atoms with E-state index in [9.17, 15) is 15.2 Å². The van der Waals surface area contributed by atoms with Gasteiger partial charge < -0.3 is 21.0 Å². The van der Waals surface area contributed by atoms with Crippen LogP contribution in [0.1, 0.15) is 27.3 Å². The fourth-order valence-electron chi connectivity index (χ4n) is 3.64. The van der Waals surface area contributed by atoms with Crippen LogP contribution < -0.4 is 20.1 Å². The van der Waals surface area contributed by atoms with Crippen LogP contribution in [0.3, 0.4) is 0 Å². The Balaban J connectivity index is 1.51. The van der Waals surface area contributed by atoms with Crippen molar-refractivity contribution in [1.82, 2.24) is 10.3 Å². The number of nitrogens with zero attached hydrogens (tertiary/aromatic N) is 3. The van der Waals surface area contributed by atoms with Gasteiger partial charge in [0.15, 0.2) is 0 Å². The van der Waals surface area contributed by atoms with Crippen LogP contribution in [0, 0.1) is 31.2 Å². The van der Waals surface area contributed by atoms with E-state index in [1.165, 1.54) is 6.92 Å². The zero-order valence-electron chi connectivity index (χ0n) is 17.9. The Kier molecular flexibility index (Phi) is 5.71. The predicted octanol–water partition coefficient (Wildman–Crippen LogP) is 3.08. The lowest BCUT2D eigenvalue weighted by Gasteiger charge is -2.13. The molecule has 9 heteroatoms. The second-order valence-electron chi connectivity index (χ2n) is 7.65. The van der Waals surface area contributed by atoms with E-state index in [0.717, 1.165) is 27.7 Å². The fraction of sp³-hybridized carbons (Fsp3) is 0.217. The van der Waals surface area contributed by atoms with Crippen molar-refractivity contribution in [1.29, 1.82) is 0 Å². The van der Waals surface area contributed by atoms with Gasteiger partial charge in [-0.25, -0.2) is 0 Å². The van der Waals surface area contributed by atoms with E-state index in [1.807, 2.05) is 26.0 Å². The number of aryl methyl sites for hydroxylation is 2. The molecule has 164 valence electrons. The van der Waals surface area contributed by atoms with Gasteiger partial charge in [-0.05, 0) is 49.2 Å². The summed E-state index contributed by atoms with van der Waals surface area (Å²) in [6.45, 7) is 5.85. The number of nitrogens with one attached hydrogen (secondary N) is 2. The van der Waals surface area contributed by atoms with E-state index in [2.05, 4.69) is 15.6 Å². The van der Waals surface area contributed by atoms with Gasteiger partial charge in [-0.15, -0.1) is 4.73 Å². The molecule has 0 saturated heterocycles. The Morgan fingerprint density at radius 3 is 2.41 bits per heavy atom. The minimum absolute atomic E-state index is 0.0539. The number of hydrogen-bond acceptors (Lipinski definition) is 5. The van der Waals surface area contributed by atoms with Gasteiger partial charge in [0.05, 0.1) is 5.52 Å². The van der Waals surface area contributed by atoms with E-state index in [-0.39, 0.29) is 29.0 Å². The first kappa shape index (κ1) is 21.6. The smallest absolute Gasteiger partial charge is 0.350 e. The Morgan fingerprint density at radius 2 is 1.69 bits per heavy atom. The van der Waals surface area contributed by atoms with Gasteiger partial charge in [-0.2, -0.15) is 4.73 Å². The van der Waals surface area contributed by atoms with Crippen molar-refractivity contribution in [3.05, 3.63) is 80.5 Å². The highest BCUT2D eigenvalue weighted by Gasteiger charge is 2.30. The van der Waals surface area contributed by atoms with E-state index >= 15 is 0 Å². The number of aromatic nitrogens is 3. The molecule has 0 bridgehead atoms. The Labute approximate surface area is 189 Å². The summed E-state index contributed by atoms with van der Waals surface area (Å²) in [6, 6.07) is 10.6. The standard InChI is InChI=1S/C23H22ClN5O3/c1-13-10-20-21(11-14(13)2)29(32)22(15(3)28(20)31)23(30)27-9-8-26-18-6-7-25-19-12-16(24)4-5-17(18)19/h4-7,10-12H,8-9H2,1-3H3,(H,25,26)(H,27,30). The highest BCUT2D eigenvalue weighted by molar-refractivity contribution is 6.31. The number of carbonyl (C=O) groups is 1. The van der Waals surface area contributed by atoms with Gasteiger partial charge in [0.2, 0.25) is 0 Å². The molecule has 0 atom stereocenters. The molecular weight excluding hydrogens is 430 g/mol. The molecule has 0 spiro atoms. The molecule has 2 aromatic heterocycles. The SMILES string of the molecule is Cc1cc2c(cc1C)[n+]([O-])c(C(=O)NCCNc1ccnc3cc(Cl)ccc13)c(C)[n+]2[O-]. The molecule has 8 nitrogen and oxygen atoms in total. The number of carbonyl (C=O) groups excluding carboxylic acids is 1. The molecule has 0 aliphatic rings. The molecule has 0 aliphatic heterocycles. The maximum Gasteiger partial charge on any atom is 0.350 e.